The van der Waals surface area contributed by atoms with Crippen molar-refractivity contribution in [2.75, 3.05) is 19.0 Å². The molecule has 3 rings (SSSR count). The highest BCUT2D eigenvalue weighted by atomic mass is 16.5. The van der Waals surface area contributed by atoms with Crippen LogP contribution in [0.25, 0.3) is 0 Å². The summed E-state index contributed by atoms with van der Waals surface area (Å²) in [4.78, 5) is 11.9. The van der Waals surface area contributed by atoms with Gasteiger partial charge in [-0.05, 0) is 42.0 Å². The lowest BCUT2D eigenvalue weighted by molar-refractivity contribution is -0.119. The summed E-state index contributed by atoms with van der Waals surface area (Å²) in [6, 6.07) is 24.3. The van der Waals surface area contributed by atoms with Crippen molar-refractivity contribution in [3.8, 4) is 17.2 Å². The molecule has 6 nitrogen and oxygen atoms in total. The molecule has 0 aliphatic carbocycles. The zero-order valence-corrected chi connectivity index (χ0v) is 15.5. The number of nitrogens with one attached hydrogen (secondary N) is 2. The van der Waals surface area contributed by atoms with Gasteiger partial charge in [-0.1, -0.05) is 36.4 Å². The first kappa shape index (κ1) is 19.0. The molecule has 0 spiro atoms. The Bertz CT molecular complexity index is 943. The fourth-order valence-electron chi connectivity index (χ4n) is 2.42. The Labute approximate surface area is 163 Å². The number of hydrazone groups is 1. The van der Waals surface area contributed by atoms with Gasteiger partial charge in [-0.3, -0.25) is 4.79 Å². The van der Waals surface area contributed by atoms with Gasteiger partial charge in [0.25, 0.3) is 5.91 Å². The second kappa shape index (κ2) is 9.78. The molecule has 28 heavy (non-hydrogen) atoms. The average molecular weight is 375 g/mol. The van der Waals surface area contributed by atoms with Crippen molar-refractivity contribution >= 4 is 17.8 Å². The molecule has 142 valence electrons. The van der Waals surface area contributed by atoms with Crippen LogP contribution in [0.1, 0.15) is 5.56 Å². The largest absolute Gasteiger partial charge is 0.497 e. The minimum Gasteiger partial charge on any atom is -0.497 e. The Morgan fingerprint density at radius 1 is 0.929 bits per heavy atom. The third-order valence-corrected chi connectivity index (χ3v) is 3.76. The van der Waals surface area contributed by atoms with Crippen LogP contribution in [-0.4, -0.2) is 25.8 Å². The van der Waals surface area contributed by atoms with Crippen molar-refractivity contribution in [1.29, 1.82) is 0 Å². The van der Waals surface area contributed by atoms with Crippen LogP contribution in [0.4, 0.5) is 5.69 Å². The smallest absolute Gasteiger partial charge is 0.259 e. The Morgan fingerprint density at radius 3 is 2.50 bits per heavy atom. The van der Waals surface area contributed by atoms with Crippen molar-refractivity contribution in [3.63, 3.8) is 0 Å². The van der Waals surface area contributed by atoms with Gasteiger partial charge in [0.05, 0.1) is 19.9 Å². The number of ether oxygens (including phenoxy) is 2. The standard InChI is InChI=1S/C22H21N3O3/c1-27-20-11-6-8-18(14-20)23-16-22(26)25-24-15-17-7-5-12-21(13-17)28-19-9-3-2-4-10-19/h2-15,23H,16H2,1H3,(H,25,26)/b24-15-. The number of methoxy groups -OCH3 is 1. The summed E-state index contributed by atoms with van der Waals surface area (Å²) in [6.45, 7) is 0.0989. The molecule has 0 unspecified atom stereocenters. The minimum absolute atomic E-state index is 0.0989. The molecule has 6 heteroatoms. The van der Waals surface area contributed by atoms with Gasteiger partial charge in [-0.2, -0.15) is 5.10 Å². The first-order valence-electron chi connectivity index (χ1n) is 8.76. The van der Waals surface area contributed by atoms with Crippen molar-refractivity contribution in [2.45, 2.75) is 0 Å². The van der Waals surface area contributed by atoms with E-state index in [-0.39, 0.29) is 12.5 Å². The number of nitrogens with zero attached hydrogens (tertiary/aromatic N) is 1. The van der Waals surface area contributed by atoms with Gasteiger partial charge < -0.3 is 14.8 Å². The Balaban J connectivity index is 1.49. The molecule has 0 heterocycles. The molecule has 0 fully saturated rings. The van der Waals surface area contributed by atoms with Gasteiger partial charge in [0.2, 0.25) is 0 Å². The molecule has 3 aromatic rings. The highest BCUT2D eigenvalue weighted by molar-refractivity contribution is 5.84. The molecule has 2 N–H and O–H groups in total. The molecule has 0 radical (unpaired) electrons. The number of rotatable bonds is 8. The molecule has 0 saturated heterocycles. The first-order valence-corrected chi connectivity index (χ1v) is 8.76. The van der Waals surface area contributed by atoms with Crippen molar-refractivity contribution in [2.24, 2.45) is 5.10 Å². The topological polar surface area (TPSA) is 72.0 Å². The Morgan fingerprint density at radius 2 is 1.68 bits per heavy atom. The summed E-state index contributed by atoms with van der Waals surface area (Å²) in [5, 5.41) is 7.01. The number of benzene rings is 3. The van der Waals surface area contributed by atoms with Crippen LogP contribution in [0.5, 0.6) is 17.2 Å². The third-order valence-electron chi connectivity index (χ3n) is 3.76. The molecular formula is C22H21N3O3. The monoisotopic (exact) mass is 375 g/mol. The molecule has 0 saturated carbocycles. The molecule has 0 aliphatic heterocycles. The molecule has 0 aliphatic rings. The second-order valence-corrected chi connectivity index (χ2v) is 5.87. The Kier molecular flexibility index (Phi) is 6.62. The molecule has 3 aromatic carbocycles. The second-order valence-electron chi connectivity index (χ2n) is 5.87. The van der Waals surface area contributed by atoms with Crippen LogP contribution >= 0.6 is 0 Å². The summed E-state index contributed by atoms with van der Waals surface area (Å²) >= 11 is 0. The fraction of sp³-hybridized carbons (Fsp3) is 0.0909. The quantitative estimate of drug-likeness (QED) is 0.460. The number of amides is 1. The normalized spacial score (nSPS) is 10.5. The molecule has 0 aromatic heterocycles. The molecule has 1 amide bonds. The highest BCUT2D eigenvalue weighted by Gasteiger charge is 2.01. The van der Waals surface area contributed by atoms with Crippen LogP contribution in [0.15, 0.2) is 84.0 Å². The van der Waals surface area contributed by atoms with Gasteiger partial charge in [0, 0.05) is 11.8 Å². The van der Waals surface area contributed by atoms with E-state index in [1.54, 1.807) is 13.3 Å². The van der Waals surface area contributed by atoms with E-state index in [9.17, 15) is 4.79 Å². The maximum Gasteiger partial charge on any atom is 0.259 e. The van der Waals surface area contributed by atoms with Gasteiger partial charge in [-0.25, -0.2) is 5.43 Å². The fourth-order valence-corrected chi connectivity index (χ4v) is 2.42. The number of hydrogen-bond acceptors (Lipinski definition) is 5. The first-order chi connectivity index (χ1) is 13.7. The van der Waals surface area contributed by atoms with E-state index >= 15 is 0 Å². The van der Waals surface area contributed by atoms with Gasteiger partial charge >= 0.3 is 0 Å². The van der Waals surface area contributed by atoms with Crippen LogP contribution in [0.2, 0.25) is 0 Å². The summed E-state index contributed by atoms with van der Waals surface area (Å²) in [7, 11) is 1.60. The number of carbonyl (C=O) groups is 1. The Hall–Kier alpha value is -3.80. The maximum absolute atomic E-state index is 11.9. The SMILES string of the molecule is COc1cccc(NCC(=O)N/N=C\c2cccc(Oc3ccccc3)c2)c1. The van der Waals surface area contributed by atoms with E-state index in [1.807, 2.05) is 78.9 Å². The van der Waals surface area contributed by atoms with Gasteiger partial charge in [0.1, 0.15) is 17.2 Å². The number of hydrogen-bond donors (Lipinski definition) is 2. The van der Waals surface area contributed by atoms with Gasteiger partial charge in [0.15, 0.2) is 0 Å². The van der Waals surface area contributed by atoms with Crippen LogP contribution in [0, 0.1) is 0 Å². The van der Waals surface area contributed by atoms with Gasteiger partial charge in [-0.15, -0.1) is 0 Å². The van der Waals surface area contributed by atoms with Crippen LogP contribution in [-0.2, 0) is 4.79 Å². The third kappa shape index (κ3) is 5.88. The zero-order valence-electron chi connectivity index (χ0n) is 15.5. The van der Waals surface area contributed by atoms with E-state index < -0.39 is 0 Å². The number of carbonyl (C=O) groups excluding carboxylic acids is 1. The van der Waals surface area contributed by atoms with Crippen LogP contribution < -0.4 is 20.2 Å². The van der Waals surface area contributed by atoms with E-state index in [4.69, 9.17) is 9.47 Å². The molecule has 0 atom stereocenters. The zero-order chi connectivity index (χ0) is 19.6. The summed E-state index contributed by atoms with van der Waals surface area (Å²) < 4.78 is 10.9. The van der Waals surface area contributed by atoms with Crippen molar-refractivity contribution in [3.05, 3.63) is 84.4 Å². The molecule has 0 bridgehead atoms. The summed E-state index contributed by atoms with van der Waals surface area (Å²) in [6.07, 6.45) is 1.57. The number of para-hydroxylation sites is 1. The van der Waals surface area contributed by atoms with Crippen LogP contribution in [0.3, 0.4) is 0 Å². The minimum atomic E-state index is -0.254. The van der Waals surface area contributed by atoms with E-state index in [2.05, 4.69) is 15.8 Å². The maximum atomic E-state index is 11.9. The lowest BCUT2D eigenvalue weighted by atomic mass is 10.2. The lowest BCUT2D eigenvalue weighted by Crippen LogP contribution is -2.25. The average Bonchev–Trinajstić information content (AvgIpc) is 2.73. The summed E-state index contributed by atoms with van der Waals surface area (Å²) in [5.74, 6) is 1.92. The van der Waals surface area contributed by atoms with Crippen molar-refractivity contribution in [1.82, 2.24) is 5.43 Å². The predicted molar refractivity (Wildman–Crippen MR) is 110 cm³/mol. The van der Waals surface area contributed by atoms with E-state index in [1.165, 1.54) is 0 Å². The lowest BCUT2D eigenvalue weighted by Gasteiger charge is -2.07. The predicted octanol–water partition coefficient (Wildman–Crippen LogP) is 4.05. The molecular weight excluding hydrogens is 354 g/mol. The van der Waals surface area contributed by atoms with Crippen molar-refractivity contribution < 1.29 is 14.3 Å². The van der Waals surface area contributed by atoms with E-state index in [0.717, 1.165) is 22.7 Å². The number of anilines is 1. The van der Waals surface area contributed by atoms with E-state index in [0.29, 0.717) is 5.75 Å². The summed E-state index contributed by atoms with van der Waals surface area (Å²) in [5.41, 5.74) is 4.11. The highest BCUT2D eigenvalue weighted by Crippen LogP contribution is 2.21.